The Kier molecular flexibility index (Phi) is 12.8. The van der Waals surface area contributed by atoms with Crippen molar-refractivity contribution >= 4 is 11.9 Å². The molecule has 0 N–H and O–H groups in total. The van der Waals surface area contributed by atoms with Crippen molar-refractivity contribution in [3.8, 4) is 0 Å². The number of carbonyl (C=O) groups excluding carboxylic acids is 2. The quantitative estimate of drug-likeness (QED) is 0.351. The van der Waals surface area contributed by atoms with Crippen molar-refractivity contribution < 1.29 is 19.1 Å². The average molecular weight is 328 g/mol. The topological polar surface area (TPSA) is 52.6 Å². The molecule has 0 bridgehead atoms. The molecule has 23 heavy (non-hydrogen) atoms. The fourth-order valence-electron chi connectivity index (χ4n) is 2.44. The van der Waals surface area contributed by atoms with Gasteiger partial charge in [-0.3, -0.25) is 9.59 Å². The monoisotopic (exact) mass is 328 g/mol. The Morgan fingerprint density at radius 1 is 0.783 bits per heavy atom. The van der Waals surface area contributed by atoms with Gasteiger partial charge in [-0.2, -0.15) is 0 Å². The molecular weight excluding hydrogens is 292 g/mol. The Hall–Kier alpha value is -1.06. The van der Waals surface area contributed by atoms with Crippen molar-refractivity contribution in [1.82, 2.24) is 0 Å². The number of esters is 2. The molecule has 0 spiro atoms. The first-order valence-corrected chi connectivity index (χ1v) is 9.29. The van der Waals surface area contributed by atoms with E-state index >= 15 is 0 Å². The maximum atomic E-state index is 11.8. The lowest BCUT2D eigenvalue weighted by atomic mass is 10.0. The van der Waals surface area contributed by atoms with E-state index in [0.29, 0.717) is 12.3 Å². The predicted octanol–water partition coefficient (Wildman–Crippen LogP) is 5.04. The molecule has 0 amide bonds. The van der Waals surface area contributed by atoms with Crippen LogP contribution in [0.4, 0.5) is 0 Å². The molecule has 136 valence electrons. The van der Waals surface area contributed by atoms with E-state index in [0.717, 1.165) is 32.1 Å². The summed E-state index contributed by atoms with van der Waals surface area (Å²) in [5.74, 6) is -0.0930. The van der Waals surface area contributed by atoms with Crippen LogP contribution < -0.4 is 0 Å². The number of unbranched alkanes of at least 4 members (excludes halogenated alkanes) is 2. The van der Waals surface area contributed by atoms with Gasteiger partial charge in [-0.1, -0.05) is 47.0 Å². The molecular formula is C19H36O4. The van der Waals surface area contributed by atoms with Gasteiger partial charge in [0.05, 0.1) is 6.10 Å². The Labute approximate surface area is 142 Å². The highest BCUT2D eigenvalue weighted by atomic mass is 16.5. The van der Waals surface area contributed by atoms with Crippen molar-refractivity contribution in [3.63, 3.8) is 0 Å². The SMILES string of the molecule is CCCCCC(C)OC(=O)CCCC(=O)OC(CCC)C(C)C. The van der Waals surface area contributed by atoms with E-state index in [1.807, 2.05) is 6.92 Å². The first-order chi connectivity index (χ1) is 10.9. The van der Waals surface area contributed by atoms with Gasteiger partial charge in [0.1, 0.15) is 6.10 Å². The summed E-state index contributed by atoms with van der Waals surface area (Å²) in [6.07, 6.45) is 7.24. The van der Waals surface area contributed by atoms with Gasteiger partial charge in [0, 0.05) is 12.8 Å². The summed E-state index contributed by atoms with van der Waals surface area (Å²) < 4.78 is 10.8. The van der Waals surface area contributed by atoms with E-state index in [4.69, 9.17) is 9.47 Å². The second-order valence-corrected chi connectivity index (χ2v) is 6.71. The molecule has 0 fully saturated rings. The maximum absolute atomic E-state index is 11.8. The first kappa shape index (κ1) is 21.9. The first-order valence-electron chi connectivity index (χ1n) is 9.29. The van der Waals surface area contributed by atoms with Crippen molar-refractivity contribution in [2.45, 2.75) is 105 Å². The molecule has 0 heterocycles. The number of hydrogen-bond donors (Lipinski definition) is 0. The van der Waals surface area contributed by atoms with Gasteiger partial charge in [-0.05, 0) is 38.5 Å². The van der Waals surface area contributed by atoms with E-state index in [1.165, 1.54) is 6.42 Å². The molecule has 4 heteroatoms. The molecule has 0 saturated carbocycles. The smallest absolute Gasteiger partial charge is 0.306 e. The molecule has 2 unspecified atom stereocenters. The molecule has 0 aliphatic rings. The fraction of sp³-hybridized carbons (Fsp3) is 0.895. The van der Waals surface area contributed by atoms with E-state index in [-0.39, 0.29) is 37.0 Å². The molecule has 0 rings (SSSR count). The van der Waals surface area contributed by atoms with Gasteiger partial charge in [-0.25, -0.2) is 0 Å². The number of hydrogen-bond acceptors (Lipinski definition) is 4. The Bertz CT molecular complexity index is 325. The molecule has 4 nitrogen and oxygen atoms in total. The summed E-state index contributed by atoms with van der Waals surface area (Å²) in [7, 11) is 0. The predicted molar refractivity (Wildman–Crippen MR) is 93.2 cm³/mol. The van der Waals surface area contributed by atoms with Crippen molar-refractivity contribution in [2.75, 3.05) is 0 Å². The average Bonchev–Trinajstić information content (AvgIpc) is 2.46. The Balaban J connectivity index is 3.87. The third kappa shape index (κ3) is 12.1. The van der Waals surface area contributed by atoms with Crippen LogP contribution in [0, 0.1) is 5.92 Å². The molecule has 0 aliphatic heterocycles. The van der Waals surface area contributed by atoms with E-state index in [9.17, 15) is 9.59 Å². The van der Waals surface area contributed by atoms with Gasteiger partial charge in [0.25, 0.3) is 0 Å². The molecule has 0 aromatic carbocycles. The molecule has 0 radical (unpaired) electrons. The van der Waals surface area contributed by atoms with Crippen LogP contribution in [0.3, 0.4) is 0 Å². The molecule has 2 atom stereocenters. The van der Waals surface area contributed by atoms with Crippen molar-refractivity contribution in [2.24, 2.45) is 5.92 Å². The number of rotatable bonds is 13. The largest absolute Gasteiger partial charge is 0.463 e. The Morgan fingerprint density at radius 3 is 1.91 bits per heavy atom. The van der Waals surface area contributed by atoms with Crippen LogP contribution in [0.15, 0.2) is 0 Å². The third-order valence-electron chi connectivity index (χ3n) is 3.91. The zero-order chi connectivity index (χ0) is 17.7. The number of ether oxygens (including phenoxy) is 2. The maximum Gasteiger partial charge on any atom is 0.306 e. The van der Waals surface area contributed by atoms with Gasteiger partial charge in [-0.15, -0.1) is 0 Å². The molecule has 0 aromatic heterocycles. The minimum atomic E-state index is -0.212. The highest BCUT2D eigenvalue weighted by molar-refractivity contribution is 5.72. The molecule has 0 aliphatic carbocycles. The van der Waals surface area contributed by atoms with Gasteiger partial charge >= 0.3 is 11.9 Å². The zero-order valence-corrected chi connectivity index (χ0v) is 15.7. The van der Waals surface area contributed by atoms with E-state index < -0.39 is 0 Å². The summed E-state index contributed by atoms with van der Waals surface area (Å²) in [5.41, 5.74) is 0. The minimum absolute atomic E-state index is 0.0157. The Morgan fingerprint density at radius 2 is 1.39 bits per heavy atom. The normalized spacial score (nSPS) is 13.7. The second-order valence-electron chi connectivity index (χ2n) is 6.71. The van der Waals surface area contributed by atoms with Crippen molar-refractivity contribution in [1.29, 1.82) is 0 Å². The van der Waals surface area contributed by atoms with Crippen LogP contribution >= 0.6 is 0 Å². The van der Waals surface area contributed by atoms with Gasteiger partial charge < -0.3 is 9.47 Å². The van der Waals surface area contributed by atoms with Crippen LogP contribution in [0.2, 0.25) is 0 Å². The third-order valence-corrected chi connectivity index (χ3v) is 3.91. The summed E-state index contributed by atoms with van der Waals surface area (Å²) in [5, 5.41) is 0. The summed E-state index contributed by atoms with van der Waals surface area (Å²) >= 11 is 0. The number of carbonyl (C=O) groups is 2. The summed E-state index contributed by atoms with van der Waals surface area (Å²) in [6, 6.07) is 0. The van der Waals surface area contributed by atoms with Crippen LogP contribution in [0.1, 0.15) is 92.4 Å². The summed E-state index contributed by atoms with van der Waals surface area (Å²) in [4.78, 5) is 23.6. The standard InChI is InChI=1S/C19H36O4/c1-6-8-9-12-16(5)22-18(20)13-10-14-19(21)23-17(11-7-2)15(3)4/h15-17H,6-14H2,1-5H3. The van der Waals surface area contributed by atoms with Gasteiger partial charge in [0.2, 0.25) is 0 Å². The fourth-order valence-corrected chi connectivity index (χ4v) is 2.44. The van der Waals surface area contributed by atoms with Crippen LogP contribution in [-0.4, -0.2) is 24.1 Å². The second kappa shape index (κ2) is 13.4. The molecule has 0 saturated heterocycles. The van der Waals surface area contributed by atoms with Crippen LogP contribution in [-0.2, 0) is 19.1 Å². The molecule has 0 aromatic rings. The van der Waals surface area contributed by atoms with E-state index in [1.54, 1.807) is 0 Å². The zero-order valence-electron chi connectivity index (χ0n) is 15.7. The van der Waals surface area contributed by atoms with Gasteiger partial charge in [0.15, 0.2) is 0 Å². The minimum Gasteiger partial charge on any atom is -0.463 e. The van der Waals surface area contributed by atoms with Crippen molar-refractivity contribution in [3.05, 3.63) is 0 Å². The van der Waals surface area contributed by atoms with E-state index in [2.05, 4.69) is 27.7 Å². The highest BCUT2D eigenvalue weighted by Gasteiger charge is 2.17. The van der Waals surface area contributed by atoms with Crippen LogP contribution in [0.5, 0.6) is 0 Å². The van der Waals surface area contributed by atoms with Crippen LogP contribution in [0.25, 0.3) is 0 Å². The lowest BCUT2D eigenvalue weighted by Crippen LogP contribution is -2.23. The highest BCUT2D eigenvalue weighted by Crippen LogP contribution is 2.15. The lowest BCUT2D eigenvalue weighted by Gasteiger charge is -2.20. The lowest BCUT2D eigenvalue weighted by molar-refractivity contribution is -0.152. The summed E-state index contributed by atoms with van der Waals surface area (Å²) in [6.45, 7) is 10.3.